The first-order valence-electron chi connectivity index (χ1n) is 11.4. The molecule has 0 bridgehead atoms. The predicted octanol–water partition coefficient (Wildman–Crippen LogP) is 3.68. The van der Waals surface area contributed by atoms with E-state index in [9.17, 15) is 4.79 Å². The molecule has 8 heteroatoms. The Kier molecular flexibility index (Phi) is 5.25. The molecule has 0 aliphatic carbocycles. The zero-order chi connectivity index (χ0) is 23.2. The van der Waals surface area contributed by atoms with E-state index in [-0.39, 0.29) is 11.0 Å². The van der Waals surface area contributed by atoms with Crippen LogP contribution in [0.1, 0.15) is 44.6 Å². The molecule has 1 aliphatic rings. The van der Waals surface area contributed by atoms with Crippen molar-refractivity contribution in [1.82, 2.24) is 29.6 Å². The molecule has 0 saturated heterocycles. The molecule has 8 nitrogen and oxygen atoms in total. The third-order valence-electron chi connectivity index (χ3n) is 6.01. The van der Waals surface area contributed by atoms with Gasteiger partial charge in [-0.15, -0.1) is 0 Å². The maximum absolute atomic E-state index is 13.1. The Bertz CT molecular complexity index is 1390. The van der Waals surface area contributed by atoms with Crippen LogP contribution in [0.2, 0.25) is 0 Å². The van der Waals surface area contributed by atoms with E-state index in [0.717, 1.165) is 36.5 Å². The van der Waals surface area contributed by atoms with Gasteiger partial charge >= 0.3 is 0 Å². The van der Waals surface area contributed by atoms with Crippen LogP contribution in [0.15, 0.2) is 47.5 Å². The van der Waals surface area contributed by atoms with E-state index in [1.54, 1.807) is 17.1 Å². The number of hydrogen-bond acceptors (Lipinski definition) is 6. The Balaban J connectivity index is 1.60. The molecule has 4 aromatic rings. The molecule has 0 radical (unpaired) electrons. The molecule has 0 atom stereocenters. The van der Waals surface area contributed by atoms with E-state index in [0.29, 0.717) is 23.6 Å². The quantitative estimate of drug-likeness (QED) is 0.500. The van der Waals surface area contributed by atoms with Gasteiger partial charge in [-0.2, -0.15) is 0 Å². The number of nitrogens with one attached hydrogen (secondary N) is 2. The van der Waals surface area contributed by atoms with Gasteiger partial charge in [-0.1, -0.05) is 26.8 Å². The molecule has 0 saturated carbocycles. The van der Waals surface area contributed by atoms with E-state index in [1.807, 2.05) is 23.7 Å². The van der Waals surface area contributed by atoms with Crippen molar-refractivity contribution in [3.05, 3.63) is 70.0 Å². The summed E-state index contributed by atoms with van der Waals surface area (Å²) in [7, 11) is 0. The Morgan fingerprint density at radius 3 is 2.76 bits per heavy atom. The van der Waals surface area contributed by atoms with E-state index < -0.39 is 0 Å². The van der Waals surface area contributed by atoms with E-state index in [4.69, 9.17) is 4.98 Å². The Morgan fingerprint density at radius 2 is 1.97 bits per heavy atom. The summed E-state index contributed by atoms with van der Waals surface area (Å²) in [6.07, 6.45) is 4.45. The van der Waals surface area contributed by atoms with Gasteiger partial charge in [0.1, 0.15) is 11.6 Å². The molecule has 4 heterocycles. The molecule has 1 aliphatic heterocycles. The molecule has 0 fully saturated rings. The summed E-state index contributed by atoms with van der Waals surface area (Å²) in [5.74, 6) is 2.08. The van der Waals surface area contributed by atoms with Crippen LogP contribution < -0.4 is 16.2 Å². The molecule has 5 rings (SSSR count). The molecule has 1 aromatic carbocycles. The minimum Gasteiger partial charge on any atom is -0.340 e. The second kappa shape index (κ2) is 8.12. The number of nitrogens with zero attached hydrogens (tertiary/aromatic N) is 5. The summed E-state index contributed by atoms with van der Waals surface area (Å²) in [4.78, 5) is 26.9. The Labute approximate surface area is 192 Å². The number of aromatic nitrogens is 5. The SMILES string of the molecule is CCn1c(=O)c2cnc(Nc3ccc4c(c3)CNCC4)cc2n1-c1ccnc(C(C)(C)C)n1. The standard InChI is InChI=1S/C25H29N7O/c1-5-31-23(33)19-15-28-21(29-18-7-6-16-8-10-26-14-17(16)12-18)13-20(19)32(31)22-9-11-27-24(30-22)25(2,3)4/h6-7,9,11-13,15,26H,5,8,10,14H2,1-4H3,(H,28,29). The van der Waals surface area contributed by atoms with Gasteiger partial charge in [0, 0.05) is 48.7 Å². The molecule has 0 unspecified atom stereocenters. The van der Waals surface area contributed by atoms with Crippen LogP contribution >= 0.6 is 0 Å². The fourth-order valence-electron chi connectivity index (χ4n) is 4.28. The number of anilines is 2. The van der Waals surface area contributed by atoms with Crippen molar-refractivity contribution in [1.29, 1.82) is 0 Å². The second-order valence-electron chi connectivity index (χ2n) is 9.44. The van der Waals surface area contributed by atoms with E-state index in [2.05, 4.69) is 59.6 Å². The van der Waals surface area contributed by atoms with Gasteiger partial charge in [0.05, 0.1) is 10.9 Å². The highest BCUT2D eigenvalue weighted by atomic mass is 16.1. The topological polar surface area (TPSA) is 89.7 Å². The fraction of sp³-hybridized carbons (Fsp3) is 0.360. The first-order valence-corrected chi connectivity index (χ1v) is 11.4. The number of hydrogen-bond donors (Lipinski definition) is 2. The zero-order valence-electron chi connectivity index (χ0n) is 19.5. The van der Waals surface area contributed by atoms with Gasteiger partial charge in [-0.25, -0.2) is 24.3 Å². The van der Waals surface area contributed by atoms with Crippen LogP contribution in [0.4, 0.5) is 11.5 Å². The molecule has 0 spiro atoms. The lowest BCUT2D eigenvalue weighted by molar-refractivity contribution is 0.529. The fourth-order valence-corrected chi connectivity index (χ4v) is 4.28. The normalized spacial score (nSPS) is 13.8. The van der Waals surface area contributed by atoms with Gasteiger partial charge < -0.3 is 10.6 Å². The molecule has 33 heavy (non-hydrogen) atoms. The second-order valence-corrected chi connectivity index (χ2v) is 9.44. The lowest BCUT2D eigenvalue weighted by Crippen LogP contribution is -2.23. The van der Waals surface area contributed by atoms with Crippen molar-refractivity contribution in [3.8, 4) is 5.82 Å². The zero-order valence-corrected chi connectivity index (χ0v) is 19.5. The summed E-state index contributed by atoms with van der Waals surface area (Å²) < 4.78 is 3.56. The average molecular weight is 444 g/mol. The van der Waals surface area contributed by atoms with Crippen LogP contribution in [-0.2, 0) is 24.9 Å². The first-order chi connectivity index (χ1) is 15.8. The maximum atomic E-state index is 13.1. The summed E-state index contributed by atoms with van der Waals surface area (Å²) in [6.45, 7) is 10.6. The van der Waals surface area contributed by atoms with Crippen molar-refractivity contribution < 1.29 is 0 Å². The molecule has 170 valence electrons. The number of pyridine rings is 1. The van der Waals surface area contributed by atoms with E-state index >= 15 is 0 Å². The van der Waals surface area contributed by atoms with Crippen molar-refractivity contribution in [2.75, 3.05) is 11.9 Å². The smallest absolute Gasteiger partial charge is 0.276 e. The highest BCUT2D eigenvalue weighted by Crippen LogP contribution is 2.25. The molecular weight excluding hydrogens is 414 g/mol. The molecule has 0 amide bonds. The van der Waals surface area contributed by atoms with Crippen LogP contribution in [-0.4, -0.2) is 30.9 Å². The van der Waals surface area contributed by atoms with Gasteiger partial charge in [0.15, 0.2) is 5.82 Å². The predicted molar refractivity (Wildman–Crippen MR) is 130 cm³/mol. The van der Waals surface area contributed by atoms with Gasteiger partial charge in [-0.3, -0.25) is 4.79 Å². The first kappa shape index (κ1) is 21.3. The largest absolute Gasteiger partial charge is 0.340 e. The summed E-state index contributed by atoms with van der Waals surface area (Å²) in [5, 5.41) is 7.39. The minimum absolute atomic E-state index is 0.0812. The average Bonchev–Trinajstić information content (AvgIpc) is 3.09. The van der Waals surface area contributed by atoms with Crippen LogP contribution in [0, 0.1) is 0 Å². The van der Waals surface area contributed by atoms with Gasteiger partial charge in [-0.05, 0) is 43.1 Å². The van der Waals surface area contributed by atoms with Crippen molar-refractivity contribution in [2.45, 2.75) is 52.6 Å². The van der Waals surface area contributed by atoms with Crippen molar-refractivity contribution in [2.24, 2.45) is 0 Å². The third-order valence-corrected chi connectivity index (χ3v) is 6.01. The monoisotopic (exact) mass is 443 g/mol. The summed E-state index contributed by atoms with van der Waals surface area (Å²) >= 11 is 0. The maximum Gasteiger partial charge on any atom is 0.276 e. The number of benzene rings is 1. The highest BCUT2D eigenvalue weighted by Gasteiger charge is 2.21. The number of fused-ring (bicyclic) bond motifs is 2. The third kappa shape index (κ3) is 3.91. The van der Waals surface area contributed by atoms with Crippen molar-refractivity contribution in [3.63, 3.8) is 0 Å². The van der Waals surface area contributed by atoms with Gasteiger partial charge in [0.25, 0.3) is 5.56 Å². The van der Waals surface area contributed by atoms with Crippen LogP contribution in [0.3, 0.4) is 0 Å². The number of rotatable bonds is 4. The highest BCUT2D eigenvalue weighted by molar-refractivity contribution is 5.82. The Morgan fingerprint density at radius 1 is 1.12 bits per heavy atom. The van der Waals surface area contributed by atoms with Crippen molar-refractivity contribution >= 4 is 22.4 Å². The van der Waals surface area contributed by atoms with E-state index in [1.165, 1.54) is 11.1 Å². The van der Waals surface area contributed by atoms with Gasteiger partial charge in [0.2, 0.25) is 0 Å². The van der Waals surface area contributed by atoms with Crippen LogP contribution in [0.5, 0.6) is 0 Å². The summed E-state index contributed by atoms with van der Waals surface area (Å²) in [6, 6.07) is 10.2. The molecule has 3 aromatic heterocycles. The Hall–Kier alpha value is -3.52. The van der Waals surface area contributed by atoms with Crippen LogP contribution in [0.25, 0.3) is 16.7 Å². The minimum atomic E-state index is -0.202. The molecular formula is C25H29N7O. The lowest BCUT2D eigenvalue weighted by Gasteiger charge is -2.18. The summed E-state index contributed by atoms with van der Waals surface area (Å²) in [5.41, 5.74) is 4.14. The molecule has 2 N–H and O–H groups in total. The lowest BCUT2D eigenvalue weighted by atomic mass is 9.96.